The maximum Gasteiger partial charge on any atom is 0.322 e. The van der Waals surface area contributed by atoms with Crippen LogP contribution >= 0.6 is 0 Å². The van der Waals surface area contributed by atoms with Gasteiger partial charge in [0.15, 0.2) is 0 Å². The van der Waals surface area contributed by atoms with Crippen molar-refractivity contribution in [2.75, 3.05) is 17.2 Å². The highest BCUT2D eigenvalue weighted by Gasteiger charge is 2.25. The van der Waals surface area contributed by atoms with Gasteiger partial charge in [-0.15, -0.1) is 0 Å². The van der Waals surface area contributed by atoms with Crippen LogP contribution in [-0.2, 0) is 16.8 Å². The number of para-hydroxylation sites is 2. The number of hydrogen-bond acceptors (Lipinski definition) is 3. The van der Waals surface area contributed by atoms with Crippen LogP contribution in [0.4, 0.5) is 16.3 Å². The highest BCUT2D eigenvalue weighted by Crippen LogP contribution is 2.33. The second-order valence-corrected chi connectivity index (χ2v) is 12.8. The molecular formula is C36H45N5O2. The van der Waals surface area contributed by atoms with Crippen molar-refractivity contribution in [1.29, 1.82) is 0 Å². The van der Waals surface area contributed by atoms with Crippen LogP contribution in [0.3, 0.4) is 0 Å². The van der Waals surface area contributed by atoms with E-state index in [1.165, 1.54) is 0 Å². The molecule has 0 spiro atoms. The van der Waals surface area contributed by atoms with E-state index in [9.17, 15) is 9.59 Å². The highest BCUT2D eigenvalue weighted by molar-refractivity contribution is 5.97. The van der Waals surface area contributed by atoms with E-state index in [0.29, 0.717) is 5.82 Å². The Bertz CT molecular complexity index is 1540. The molecule has 7 heteroatoms. The fourth-order valence-corrected chi connectivity index (χ4v) is 5.06. The zero-order valence-corrected chi connectivity index (χ0v) is 26.7. The fourth-order valence-electron chi connectivity index (χ4n) is 5.06. The van der Waals surface area contributed by atoms with Crippen LogP contribution in [0.1, 0.15) is 88.2 Å². The number of benzene rings is 3. The maximum atomic E-state index is 13.9. The van der Waals surface area contributed by atoms with Crippen molar-refractivity contribution in [2.45, 2.75) is 79.2 Å². The van der Waals surface area contributed by atoms with Crippen LogP contribution in [0.5, 0.6) is 0 Å². The molecule has 0 bridgehead atoms. The lowest BCUT2D eigenvalue weighted by Crippen LogP contribution is -2.40. The number of urea groups is 1. The molecule has 4 aromatic rings. The third-order valence-corrected chi connectivity index (χ3v) is 7.53. The molecule has 3 aromatic carbocycles. The van der Waals surface area contributed by atoms with Crippen molar-refractivity contribution in [3.63, 3.8) is 0 Å². The van der Waals surface area contributed by atoms with Crippen molar-refractivity contribution in [3.05, 3.63) is 107 Å². The minimum absolute atomic E-state index is 0.134. The third-order valence-electron chi connectivity index (χ3n) is 7.53. The molecule has 0 unspecified atom stereocenters. The van der Waals surface area contributed by atoms with Gasteiger partial charge in [-0.25, -0.2) is 9.48 Å². The van der Waals surface area contributed by atoms with Crippen LogP contribution < -0.4 is 10.6 Å². The molecule has 1 aromatic heterocycles. The van der Waals surface area contributed by atoms with Gasteiger partial charge >= 0.3 is 6.03 Å². The minimum Gasteiger partial charge on any atom is -0.311 e. The molecule has 0 saturated carbocycles. The molecule has 1 heterocycles. The Morgan fingerprint density at radius 3 is 2.02 bits per heavy atom. The number of amides is 3. The number of carbonyl (C=O) groups excluding carboxylic acids is 2. The van der Waals surface area contributed by atoms with Crippen molar-refractivity contribution in [2.24, 2.45) is 0 Å². The molecule has 7 nitrogen and oxygen atoms in total. The molecule has 3 amide bonds. The number of nitrogens with zero attached hydrogens (tertiary/aromatic N) is 3. The Labute approximate surface area is 256 Å². The van der Waals surface area contributed by atoms with Crippen molar-refractivity contribution in [3.8, 4) is 5.69 Å². The van der Waals surface area contributed by atoms with Crippen LogP contribution in [0.15, 0.2) is 78.9 Å². The summed E-state index contributed by atoms with van der Waals surface area (Å²) >= 11 is 0. The molecular weight excluding hydrogens is 534 g/mol. The average molecular weight is 580 g/mol. The molecule has 0 aliphatic rings. The monoisotopic (exact) mass is 579 g/mol. The number of aryl methyl sites for hydroxylation is 1. The van der Waals surface area contributed by atoms with Crippen LogP contribution in [-0.4, -0.2) is 33.2 Å². The van der Waals surface area contributed by atoms with Crippen LogP contribution in [0.25, 0.3) is 5.69 Å². The van der Waals surface area contributed by atoms with E-state index in [4.69, 9.17) is 5.10 Å². The molecule has 0 atom stereocenters. The van der Waals surface area contributed by atoms with Crippen molar-refractivity contribution >= 4 is 23.4 Å². The summed E-state index contributed by atoms with van der Waals surface area (Å²) in [6, 6.07) is 25.4. The lowest BCUT2D eigenvalue weighted by atomic mass is 9.92. The van der Waals surface area contributed by atoms with Gasteiger partial charge in [0.1, 0.15) is 12.4 Å². The summed E-state index contributed by atoms with van der Waals surface area (Å²) in [5.41, 5.74) is 6.47. The molecule has 0 saturated heterocycles. The number of anilines is 2. The maximum absolute atomic E-state index is 13.9. The SMILES string of the molecule is Cc1ccccc1-n1nc(C(C)(C)C)cc1NC(=O)CN(Cc1ccccc1)C(=O)Nc1c(C(C)C)cccc1C(C)C. The summed E-state index contributed by atoms with van der Waals surface area (Å²) in [6.45, 7) is 16.9. The third kappa shape index (κ3) is 7.72. The lowest BCUT2D eigenvalue weighted by Gasteiger charge is -2.26. The van der Waals surface area contributed by atoms with Gasteiger partial charge in [-0.2, -0.15) is 5.10 Å². The first-order valence-corrected chi connectivity index (χ1v) is 15.0. The van der Waals surface area contributed by atoms with Gasteiger partial charge in [0, 0.05) is 23.7 Å². The minimum atomic E-state index is -0.322. The second-order valence-electron chi connectivity index (χ2n) is 12.8. The first kappa shape index (κ1) is 31.5. The molecule has 43 heavy (non-hydrogen) atoms. The van der Waals surface area contributed by atoms with Crippen molar-refractivity contribution < 1.29 is 9.59 Å². The van der Waals surface area contributed by atoms with Gasteiger partial charge in [0.25, 0.3) is 0 Å². The Morgan fingerprint density at radius 1 is 0.837 bits per heavy atom. The highest BCUT2D eigenvalue weighted by atomic mass is 16.2. The Morgan fingerprint density at radius 2 is 1.44 bits per heavy atom. The summed E-state index contributed by atoms with van der Waals surface area (Å²) in [5.74, 6) is 0.705. The predicted molar refractivity (Wildman–Crippen MR) is 176 cm³/mol. The Balaban J connectivity index is 1.65. The largest absolute Gasteiger partial charge is 0.322 e. The molecule has 4 rings (SSSR count). The fraction of sp³-hybridized carbons (Fsp3) is 0.361. The number of aromatic nitrogens is 2. The van der Waals surface area contributed by atoms with E-state index >= 15 is 0 Å². The Hall–Kier alpha value is -4.39. The van der Waals surface area contributed by atoms with E-state index in [2.05, 4.69) is 71.2 Å². The summed E-state index contributed by atoms with van der Waals surface area (Å²) in [6.07, 6.45) is 0. The number of nitrogens with one attached hydrogen (secondary N) is 2. The predicted octanol–water partition coefficient (Wildman–Crippen LogP) is 8.40. The van der Waals surface area contributed by atoms with E-state index in [0.717, 1.165) is 39.3 Å². The quantitative estimate of drug-likeness (QED) is 0.209. The van der Waals surface area contributed by atoms with Gasteiger partial charge in [0.05, 0.1) is 11.4 Å². The zero-order chi connectivity index (χ0) is 31.3. The smallest absolute Gasteiger partial charge is 0.311 e. The number of rotatable bonds is 9. The number of hydrogen-bond donors (Lipinski definition) is 2. The van der Waals surface area contributed by atoms with Gasteiger partial charge in [-0.05, 0) is 47.1 Å². The van der Waals surface area contributed by atoms with E-state index in [1.54, 1.807) is 9.58 Å². The topological polar surface area (TPSA) is 79.3 Å². The zero-order valence-electron chi connectivity index (χ0n) is 26.7. The van der Waals surface area contributed by atoms with Gasteiger partial charge in [-0.1, -0.05) is 115 Å². The summed E-state index contributed by atoms with van der Waals surface area (Å²) in [7, 11) is 0. The van der Waals surface area contributed by atoms with E-state index in [1.807, 2.05) is 73.7 Å². The molecule has 0 aliphatic carbocycles. The molecule has 0 fully saturated rings. The normalized spacial score (nSPS) is 11.6. The standard InChI is InChI=1S/C36H45N5O2/c1-24(2)28-18-14-19-29(25(3)4)34(28)38-35(43)40(22-27-16-10-9-11-17-27)23-33(42)37-32-21-31(36(6,7)8)39-41(32)30-20-13-12-15-26(30)5/h9-21,24-25H,22-23H2,1-8H3,(H,37,42)(H,38,43). The second kappa shape index (κ2) is 13.3. The summed E-state index contributed by atoms with van der Waals surface area (Å²) < 4.78 is 1.78. The molecule has 0 aliphatic heterocycles. The van der Waals surface area contributed by atoms with Crippen molar-refractivity contribution in [1.82, 2.24) is 14.7 Å². The van der Waals surface area contributed by atoms with Gasteiger partial charge in [0.2, 0.25) is 5.91 Å². The molecule has 0 radical (unpaired) electrons. The first-order valence-electron chi connectivity index (χ1n) is 15.0. The molecule has 226 valence electrons. The lowest BCUT2D eigenvalue weighted by molar-refractivity contribution is -0.116. The summed E-state index contributed by atoms with van der Waals surface area (Å²) in [5, 5.41) is 11.1. The van der Waals surface area contributed by atoms with Crippen LogP contribution in [0, 0.1) is 6.92 Å². The first-order chi connectivity index (χ1) is 20.3. The van der Waals surface area contributed by atoms with E-state index < -0.39 is 0 Å². The van der Waals surface area contributed by atoms with Crippen LogP contribution in [0.2, 0.25) is 0 Å². The summed E-state index contributed by atoms with van der Waals surface area (Å²) in [4.78, 5) is 29.2. The average Bonchev–Trinajstić information content (AvgIpc) is 3.37. The Kier molecular flexibility index (Phi) is 9.74. The molecule has 2 N–H and O–H groups in total. The van der Waals surface area contributed by atoms with E-state index in [-0.39, 0.29) is 42.3 Å². The van der Waals surface area contributed by atoms with Gasteiger partial charge < -0.3 is 15.5 Å². The number of carbonyl (C=O) groups is 2. The van der Waals surface area contributed by atoms with Gasteiger partial charge in [-0.3, -0.25) is 4.79 Å².